The van der Waals surface area contributed by atoms with Gasteiger partial charge in [-0.2, -0.15) is 0 Å². The van der Waals surface area contributed by atoms with Gasteiger partial charge in [0.15, 0.2) is 0 Å². The van der Waals surface area contributed by atoms with Gasteiger partial charge in [0.25, 0.3) is 0 Å². The summed E-state index contributed by atoms with van der Waals surface area (Å²) < 4.78 is 0. The highest BCUT2D eigenvalue weighted by molar-refractivity contribution is 5.82. The molecule has 0 aromatic rings. The van der Waals surface area contributed by atoms with Crippen LogP contribution in [0.3, 0.4) is 0 Å². The second-order valence-electron chi connectivity index (χ2n) is 6.10. The fourth-order valence-corrected chi connectivity index (χ4v) is 3.21. The lowest BCUT2D eigenvalue weighted by atomic mass is 9.92. The van der Waals surface area contributed by atoms with Crippen molar-refractivity contribution in [3.63, 3.8) is 0 Å². The Kier molecular flexibility index (Phi) is 6.11. The number of hydrogen-bond donors (Lipinski definition) is 2. The maximum Gasteiger partial charge on any atom is 0.237 e. The molecule has 4 heteroatoms. The minimum absolute atomic E-state index is 0.0258. The molecule has 0 aromatic heterocycles. The molecule has 4 nitrogen and oxygen atoms in total. The Morgan fingerprint density at radius 3 is 2.63 bits per heavy atom. The van der Waals surface area contributed by atoms with Gasteiger partial charge in [0.2, 0.25) is 5.91 Å². The number of carbonyl (C=O) groups is 1. The van der Waals surface area contributed by atoms with E-state index in [4.69, 9.17) is 0 Å². The Hall–Kier alpha value is -0.610. The average molecular weight is 267 g/mol. The lowest BCUT2D eigenvalue weighted by Crippen LogP contribution is -2.51. The van der Waals surface area contributed by atoms with Crippen LogP contribution < -0.4 is 10.6 Å². The van der Waals surface area contributed by atoms with Crippen molar-refractivity contribution >= 4 is 5.91 Å². The van der Waals surface area contributed by atoms with Crippen molar-refractivity contribution in [2.75, 3.05) is 32.7 Å². The van der Waals surface area contributed by atoms with Crippen LogP contribution in [0.2, 0.25) is 0 Å². The molecule has 2 aliphatic heterocycles. The van der Waals surface area contributed by atoms with Gasteiger partial charge in [-0.15, -0.1) is 0 Å². The molecule has 110 valence electrons. The third-order valence-corrected chi connectivity index (χ3v) is 4.48. The number of hydrogen-bond acceptors (Lipinski definition) is 3. The van der Waals surface area contributed by atoms with E-state index in [1.807, 2.05) is 0 Å². The van der Waals surface area contributed by atoms with Crippen LogP contribution in [-0.4, -0.2) is 49.6 Å². The SMILES string of the molecule is CC1CCCNC1C(=O)NCCN1CCCCCC1. The second kappa shape index (κ2) is 7.85. The minimum atomic E-state index is 0.0258. The van der Waals surface area contributed by atoms with Gasteiger partial charge in [-0.1, -0.05) is 19.8 Å². The first-order valence-electron chi connectivity index (χ1n) is 8.01. The number of nitrogens with one attached hydrogen (secondary N) is 2. The molecule has 0 radical (unpaired) electrons. The first kappa shape index (κ1) is 14.8. The molecule has 0 aliphatic carbocycles. The van der Waals surface area contributed by atoms with E-state index >= 15 is 0 Å². The zero-order chi connectivity index (χ0) is 13.5. The predicted octanol–water partition coefficient (Wildman–Crippen LogP) is 1.37. The van der Waals surface area contributed by atoms with E-state index in [0.29, 0.717) is 5.92 Å². The molecule has 1 amide bonds. The number of piperidine rings is 1. The molecule has 0 saturated carbocycles. The molecule has 2 heterocycles. The lowest BCUT2D eigenvalue weighted by Gasteiger charge is -2.29. The molecule has 2 fully saturated rings. The second-order valence-corrected chi connectivity index (χ2v) is 6.10. The minimum Gasteiger partial charge on any atom is -0.353 e. The summed E-state index contributed by atoms with van der Waals surface area (Å²) in [6, 6.07) is 0.0258. The molecule has 2 atom stereocenters. The van der Waals surface area contributed by atoms with Gasteiger partial charge < -0.3 is 15.5 Å². The number of amides is 1. The van der Waals surface area contributed by atoms with Gasteiger partial charge in [-0.3, -0.25) is 4.79 Å². The highest BCUT2D eigenvalue weighted by Crippen LogP contribution is 2.15. The van der Waals surface area contributed by atoms with Crippen LogP contribution in [0.25, 0.3) is 0 Å². The van der Waals surface area contributed by atoms with Crippen molar-refractivity contribution < 1.29 is 4.79 Å². The Balaban J connectivity index is 1.65. The van der Waals surface area contributed by atoms with Gasteiger partial charge in [-0.25, -0.2) is 0 Å². The van der Waals surface area contributed by atoms with Gasteiger partial charge in [0.1, 0.15) is 0 Å². The van der Waals surface area contributed by atoms with Crippen molar-refractivity contribution in [1.82, 2.24) is 15.5 Å². The summed E-state index contributed by atoms with van der Waals surface area (Å²) in [4.78, 5) is 14.6. The van der Waals surface area contributed by atoms with Crippen molar-refractivity contribution in [2.45, 2.75) is 51.5 Å². The summed E-state index contributed by atoms with van der Waals surface area (Å²) in [7, 11) is 0. The predicted molar refractivity (Wildman–Crippen MR) is 78.1 cm³/mol. The Morgan fingerprint density at radius 1 is 1.21 bits per heavy atom. The molecule has 0 bridgehead atoms. The Bertz CT molecular complexity index is 275. The topological polar surface area (TPSA) is 44.4 Å². The summed E-state index contributed by atoms with van der Waals surface area (Å²) in [6.07, 6.45) is 7.72. The van der Waals surface area contributed by atoms with Gasteiger partial charge in [0, 0.05) is 13.1 Å². The van der Waals surface area contributed by atoms with Crippen LogP contribution >= 0.6 is 0 Å². The molecular formula is C15H29N3O. The van der Waals surface area contributed by atoms with Crippen molar-refractivity contribution in [1.29, 1.82) is 0 Å². The first-order chi connectivity index (χ1) is 9.27. The standard InChI is InChI=1S/C15H29N3O/c1-13-7-6-8-16-14(13)15(19)17-9-12-18-10-4-2-3-5-11-18/h13-14,16H,2-12H2,1H3,(H,17,19). The van der Waals surface area contributed by atoms with Gasteiger partial charge in [0.05, 0.1) is 6.04 Å². The molecule has 2 aliphatic rings. The zero-order valence-electron chi connectivity index (χ0n) is 12.3. The fraction of sp³-hybridized carbons (Fsp3) is 0.933. The first-order valence-corrected chi connectivity index (χ1v) is 8.01. The van der Waals surface area contributed by atoms with Gasteiger partial charge in [-0.05, 0) is 51.2 Å². The van der Waals surface area contributed by atoms with E-state index in [1.165, 1.54) is 45.2 Å². The Labute approximate surface area is 117 Å². The van der Waals surface area contributed by atoms with Gasteiger partial charge >= 0.3 is 0 Å². The van der Waals surface area contributed by atoms with Crippen molar-refractivity contribution in [3.8, 4) is 0 Å². The zero-order valence-corrected chi connectivity index (χ0v) is 12.3. The fourth-order valence-electron chi connectivity index (χ4n) is 3.21. The van der Waals surface area contributed by atoms with Crippen LogP contribution in [0, 0.1) is 5.92 Å². The molecule has 0 aromatic carbocycles. The average Bonchev–Trinajstić information content (AvgIpc) is 2.68. The number of likely N-dealkylation sites (tertiary alicyclic amines) is 1. The van der Waals surface area contributed by atoms with Crippen LogP contribution in [0.1, 0.15) is 45.4 Å². The van der Waals surface area contributed by atoms with Crippen LogP contribution in [0.15, 0.2) is 0 Å². The summed E-state index contributed by atoms with van der Waals surface area (Å²) in [6.45, 7) is 7.36. The van der Waals surface area contributed by atoms with Crippen LogP contribution in [0.5, 0.6) is 0 Å². The monoisotopic (exact) mass is 267 g/mol. The maximum absolute atomic E-state index is 12.1. The van der Waals surface area contributed by atoms with E-state index < -0.39 is 0 Å². The van der Waals surface area contributed by atoms with E-state index in [9.17, 15) is 4.79 Å². The van der Waals surface area contributed by atoms with E-state index in [-0.39, 0.29) is 11.9 Å². The molecule has 2 rings (SSSR count). The van der Waals surface area contributed by atoms with Crippen LogP contribution in [0.4, 0.5) is 0 Å². The highest BCUT2D eigenvalue weighted by atomic mass is 16.2. The van der Waals surface area contributed by atoms with E-state index in [1.54, 1.807) is 0 Å². The molecular weight excluding hydrogens is 238 g/mol. The lowest BCUT2D eigenvalue weighted by molar-refractivity contribution is -0.124. The van der Waals surface area contributed by atoms with E-state index in [0.717, 1.165) is 26.1 Å². The maximum atomic E-state index is 12.1. The smallest absolute Gasteiger partial charge is 0.237 e. The molecule has 2 unspecified atom stereocenters. The van der Waals surface area contributed by atoms with Crippen molar-refractivity contribution in [2.24, 2.45) is 5.92 Å². The third-order valence-electron chi connectivity index (χ3n) is 4.48. The largest absolute Gasteiger partial charge is 0.353 e. The molecule has 19 heavy (non-hydrogen) atoms. The quantitative estimate of drug-likeness (QED) is 0.808. The van der Waals surface area contributed by atoms with Crippen LogP contribution in [-0.2, 0) is 4.79 Å². The Morgan fingerprint density at radius 2 is 1.95 bits per heavy atom. The number of rotatable bonds is 4. The normalized spacial score (nSPS) is 29.7. The molecule has 2 saturated heterocycles. The highest BCUT2D eigenvalue weighted by Gasteiger charge is 2.26. The number of nitrogens with zero attached hydrogens (tertiary/aromatic N) is 1. The molecule has 0 spiro atoms. The van der Waals surface area contributed by atoms with Crippen molar-refractivity contribution in [3.05, 3.63) is 0 Å². The summed E-state index contributed by atoms with van der Waals surface area (Å²) in [5.74, 6) is 0.661. The summed E-state index contributed by atoms with van der Waals surface area (Å²) in [5.41, 5.74) is 0. The molecule has 2 N–H and O–H groups in total. The number of carbonyl (C=O) groups excluding carboxylic acids is 1. The summed E-state index contributed by atoms with van der Waals surface area (Å²) in [5, 5.41) is 6.45. The third kappa shape index (κ3) is 4.77. The summed E-state index contributed by atoms with van der Waals surface area (Å²) >= 11 is 0. The van der Waals surface area contributed by atoms with E-state index in [2.05, 4.69) is 22.5 Å².